The molecule has 0 aliphatic carbocycles. The van der Waals surface area contributed by atoms with Gasteiger partial charge in [-0.3, -0.25) is 9.59 Å². The Labute approximate surface area is 124 Å². The van der Waals surface area contributed by atoms with Gasteiger partial charge in [-0.15, -0.1) is 11.3 Å². The van der Waals surface area contributed by atoms with Crippen LogP contribution >= 0.6 is 11.3 Å². The molecule has 21 heavy (non-hydrogen) atoms. The number of hydrogen-bond donors (Lipinski definition) is 2. The van der Waals surface area contributed by atoms with E-state index in [2.05, 4.69) is 10.3 Å². The van der Waals surface area contributed by atoms with Gasteiger partial charge in [0.25, 0.3) is 5.91 Å². The van der Waals surface area contributed by atoms with Crippen LogP contribution < -0.4 is 10.7 Å². The SMILES string of the molecule is CCOC(=O)c1sc(NC(=O)c2c[nH]ccc2=O)cc1C. The summed E-state index contributed by atoms with van der Waals surface area (Å²) in [6.45, 7) is 3.77. The van der Waals surface area contributed by atoms with Crippen molar-refractivity contribution >= 4 is 28.2 Å². The number of aryl methyl sites for hydroxylation is 1. The van der Waals surface area contributed by atoms with E-state index in [9.17, 15) is 14.4 Å². The topological polar surface area (TPSA) is 88.3 Å². The first kappa shape index (κ1) is 15.0. The minimum absolute atomic E-state index is 0.0150. The number of amides is 1. The van der Waals surface area contributed by atoms with E-state index in [0.29, 0.717) is 9.88 Å². The third kappa shape index (κ3) is 3.38. The van der Waals surface area contributed by atoms with E-state index in [0.717, 1.165) is 16.9 Å². The van der Waals surface area contributed by atoms with Crippen molar-refractivity contribution in [1.29, 1.82) is 0 Å². The molecule has 0 atom stereocenters. The molecule has 2 N–H and O–H groups in total. The van der Waals surface area contributed by atoms with Crippen LogP contribution in [0.3, 0.4) is 0 Å². The second kappa shape index (κ2) is 6.36. The fourth-order valence-corrected chi connectivity index (χ4v) is 2.68. The number of H-pyrrole nitrogens is 1. The van der Waals surface area contributed by atoms with Crippen molar-refractivity contribution in [2.45, 2.75) is 13.8 Å². The zero-order chi connectivity index (χ0) is 15.4. The molecule has 0 saturated heterocycles. The number of pyridine rings is 1. The maximum Gasteiger partial charge on any atom is 0.348 e. The number of anilines is 1. The van der Waals surface area contributed by atoms with E-state index in [4.69, 9.17) is 4.74 Å². The van der Waals surface area contributed by atoms with Gasteiger partial charge in [0, 0.05) is 18.5 Å². The van der Waals surface area contributed by atoms with Crippen molar-refractivity contribution in [2.75, 3.05) is 11.9 Å². The maximum atomic E-state index is 12.0. The first-order chi connectivity index (χ1) is 10.0. The summed E-state index contributed by atoms with van der Waals surface area (Å²) in [7, 11) is 0. The molecule has 6 nitrogen and oxygen atoms in total. The molecule has 2 aromatic heterocycles. The predicted octanol–water partition coefficient (Wildman–Crippen LogP) is 2.17. The summed E-state index contributed by atoms with van der Waals surface area (Å²) in [4.78, 5) is 38.4. The van der Waals surface area contributed by atoms with Crippen LogP contribution in [0.25, 0.3) is 0 Å². The molecular weight excluding hydrogens is 292 g/mol. The van der Waals surface area contributed by atoms with Crippen LogP contribution in [0, 0.1) is 6.92 Å². The number of carbonyl (C=O) groups is 2. The van der Waals surface area contributed by atoms with Crippen molar-refractivity contribution in [3.05, 3.63) is 50.8 Å². The highest BCUT2D eigenvalue weighted by Gasteiger charge is 2.17. The largest absolute Gasteiger partial charge is 0.462 e. The molecule has 1 amide bonds. The van der Waals surface area contributed by atoms with Crippen LogP contribution in [-0.2, 0) is 4.74 Å². The lowest BCUT2D eigenvalue weighted by Crippen LogP contribution is -2.20. The molecule has 0 aliphatic rings. The standard InChI is InChI=1S/C14H14N2O4S/c1-3-20-14(19)12-8(2)6-11(21-12)16-13(18)9-7-15-5-4-10(9)17/h4-7H,3H2,1-2H3,(H,15,17)(H,16,18). The molecule has 2 heterocycles. The highest BCUT2D eigenvalue weighted by atomic mass is 32.1. The van der Waals surface area contributed by atoms with Crippen molar-refractivity contribution in [3.63, 3.8) is 0 Å². The molecular formula is C14H14N2O4S. The number of aromatic nitrogens is 1. The summed E-state index contributed by atoms with van der Waals surface area (Å²) in [5, 5.41) is 3.10. The maximum absolute atomic E-state index is 12.0. The summed E-state index contributed by atoms with van der Waals surface area (Å²) in [6.07, 6.45) is 2.79. The van der Waals surface area contributed by atoms with E-state index in [1.54, 1.807) is 19.9 Å². The summed E-state index contributed by atoms with van der Waals surface area (Å²) in [5.41, 5.74) is 0.363. The summed E-state index contributed by atoms with van der Waals surface area (Å²) < 4.78 is 4.93. The van der Waals surface area contributed by atoms with Gasteiger partial charge in [-0.2, -0.15) is 0 Å². The zero-order valence-electron chi connectivity index (χ0n) is 11.6. The highest BCUT2D eigenvalue weighted by Crippen LogP contribution is 2.27. The number of ether oxygens (including phenoxy) is 1. The van der Waals surface area contributed by atoms with Crippen LogP contribution in [0.2, 0.25) is 0 Å². The average molecular weight is 306 g/mol. The molecule has 7 heteroatoms. The van der Waals surface area contributed by atoms with Gasteiger partial charge >= 0.3 is 5.97 Å². The van der Waals surface area contributed by atoms with Crippen LogP contribution in [0.4, 0.5) is 5.00 Å². The first-order valence-corrected chi connectivity index (χ1v) is 7.10. The van der Waals surface area contributed by atoms with Gasteiger partial charge in [0.15, 0.2) is 5.43 Å². The minimum Gasteiger partial charge on any atom is -0.462 e. The monoisotopic (exact) mass is 306 g/mol. The Morgan fingerprint density at radius 1 is 1.43 bits per heavy atom. The number of rotatable bonds is 4. The Morgan fingerprint density at radius 3 is 2.86 bits per heavy atom. The van der Waals surface area contributed by atoms with Crippen LogP contribution in [0.5, 0.6) is 0 Å². The van der Waals surface area contributed by atoms with Gasteiger partial charge in [0.2, 0.25) is 0 Å². The summed E-state index contributed by atoms with van der Waals surface area (Å²) >= 11 is 1.12. The third-order valence-corrected chi connectivity index (χ3v) is 3.82. The first-order valence-electron chi connectivity index (χ1n) is 6.29. The van der Waals surface area contributed by atoms with Crippen LogP contribution in [0.1, 0.15) is 32.5 Å². The fraction of sp³-hybridized carbons (Fsp3) is 0.214. The van der Waals surface area contributed by atoms with Crippen LogP contribution in [0.15, 0.2) is 29.3 Å². The molecule has 0 saturated carbocycles. The lowest BCUT2D eigenvalue weighted by molar-refractivity contribution is 0.0531. The number of aromatic amines is 1. The number of hydrogen-bond acceptors (Lipinski definition) is 5. The van der Waals surface area contributed by atoms with E-state index < -0.39 is 11.9 Å². The van der Waals surface area contributed by atoms with E-state index in [1.807, 2.05) is 0 Å². The second-order valence-corrected chi connectivity index (χ2v) is 5.27. The van der Waals surface area contributed by atoms with Gasteiger partial charge in [-0.1, -0.05) is 0 Å². The molecule has 0 aliphatic heterocycles. The van der Waals surface area contributed by atoms with Crippen molar-refractivity contribution < 1.29 is 14.3 Å². The molecule has 0 bridgehead atoms. The molecule has 0 radical (unpaired) electrons. The van der Waals surface area contributed by atoms with Crippen molar-refractivity contribution in [1.82, 2.24) is 4.98 Å². The van der Waals surface area contributed by atoms with Gasteiger partial charge in [-0.25, -0.2) is 4.79 Å². The Balaban J connectivity index is 2.19. The fourth-order valence-electron chi connectivity index (χ4n) is 1.72. The Morgan fingerprint density at radius 2 is 2.19 bits per heavy atom. The van der Waals surface area contributed by atoms with Gasteiger partial charge in [0.1, 0.15) is 10.4 Å². The Hall–Kier alpha value is -2.41. The number of carbonyl (C=O) groups excluding carboxylic acids is 2. The smallest absolute Gasteiger partial charge is 0.348 e. The van der Waals surface area contributed by atoms with Crippen LogP contribution in [-0.4, -0.2) is 23.5 Å². The number of esters is 1. The Bertz CT molecular complexity index is 733. The lowest BCUT2D eigenvalue weighted by Gasteiger charge is -2.01. The molecule has 2 aromatic rings. The van der Waals surface area contributed by atoms with Gasteiger partial charge < -0.3 is 15.0 Å². The number of nitrogens with one attached hydrogen (secondary N) is 2. The Kier molecular flexibility index (Phi) is 4.54. The normalized spacial score (nSPS) is 10.2. The quantitative estimate of drug-likeness (QED) is 0.847. The molecule has 0 aromatic carbocycles. The summed E-state index contributed by atoms with van der Waals surface area (Å²) in [6, 6.07) is 2.95. The second-order valence-electron chi connectivity index (χ2n) is 4.22. The average Bonchev–Trinajstić information content (AvgIpc) is 2.80. The van der Waals surface area contributed by atoms with Gasteiger partial charge in [-0.05, 0) is 25.5 Å². The molecule has 2 rings (SSSR count). The number of thiophene rings is 1. The third-order valence-electron chi connectivity index (χ3n) is 2.68. The van der Waals surface area contributed by atoms with Crippen molar-refractivity contribution in [2.24, 2.45) is 0 Å². The van der Waals surface area contributed by atoms with Gasteiger partial charge in [0.05, 0.1) is 11.6 Å². The summed E-state index contributed by atoms with van der Waals surface area (Å²) in [5.74, 6) is -0.938. The predicted molar refractivity (Wildman–Crippen MR) is 80.0 cm³/mol. The molecule has 0 fully saturated rings. The molecule has 0 spiro atoms. The lowest BCUT2D eigenvalue weighted by atomic mass is 10.2. The van der Waals surface area contributed by atoms with E-state index >= 15 is 0 Å². The van der Waals surface area contributed by atoms with Crippen molar-refractivity contribution in [3.8, 4) is 0 Å². The molecule has 0 unspecified atom stereocenters. The highest BCUT2D eigenvalue weighted by molar-refractivity contribution is 7.18. The minimum atomic E-state index is -0.520. The van der Waals surface area contributed by atoms with E-state index in [1.165, 1.54) is 18.5 Å². The zero-order valence-corrected chi connectivity index (χ0v) is 12.4. The van der Waals surface area contributed by atoms with E-state index in [-0.39, 0.29) is 17.6 Å². The molecule has 110 valence electrons.